The van der Waals surface area contributed by atoms with E-state index in [1.807, 2.05) is 12.1 Å². The quantitative estimate of drug-likeness (QED) is 0.487. The van der Waals surface area contributed by atoms with Gasteiger partial charge in [-0.1, -0.05) is 12.2 Å². The Morgan fingerprint density at radius 1 is 1.09 bits per heavy atom. The Labute approximate surface area is 131 Å². The molecule has 0 saturated carbocycles. The molecule has 0 N–H and O–H groups in total. The van der Waals surface area contributed by atoms with Gasteiger partial charge in [0, 0.05) is 50.5 Å². The predicted octanol–water partition coefficient (Wildman–Crippen LogP) is 3.07. The summed E-state index contributed by atoms with van der Waals surface area (Å²) >= 11 is 0. The molecule has 1 aromatic rings. The van der Waals surface area contributed by atoms with Gasteiger partial charge in [-0.3, -0.25) is 15.0 Å². The highest BCUT2D eigenvalue weighted by Gasteiger charge is 2.20. The first-order valence-electron chi connectivity index (χ1n) is 8.09. The van der Waals surface area contributed by atoms with Crippen LogP contribution in [0.25, 0.3) is 0 Å². The largest absolute Gasteiger partial charge is 0.369 e. The number of allylic oxidation sites excluding steroid dienone is 2. The average molecular weight is 301 g/mol. The highest BCUT2D eigenvalue weighted by molar-refractivity contribution is 5.51. The summed E-state index contributed by atoms with van der Waals surface area (Å²) in [4.78, 5) is 15.2. The van der Waals surface area contributed by atoms with E-state index in [-0.39, 0.29) is 10.6 Å². The smallest absolute Gasteiger partial charge is 0.269 e. The Balaban J connectivity index is 1.50. The Hall–Kier alpha value is -1.88. The van der Waals surface area contributed by atoms with Crippen LogP contribution in [0.5, 0.6) is 0 Å². The zero-order valence-corrected chi connectivity index (χ0v) is 12.9. The van der Waals surface area contributed by atoms with Crippen molar-refractivity contribution in [1.82, 2.24) is 4.90 Å². The zero-order valence-electron chi connectivity index (χ0n) is 12.9. The zero-order chi connectivity index (χ0) is 15.4. The van der Waals surface area contributed by atoms with Crippen molar-refractivity contribution in [2.75, 3.05) is 37.6 Å². The molecule has 1 aliphatic heterocycles. The molecule has 1 atom stereocenters. The van der Waals surface area contributed by atoms with Crippen LogP contribution in [0.3, 0.4) is 0 Å². The third-order valence-corrected chi connectivity index (χ3v) is 4.69. The Morgan fingerprint density at radius 2 is 1.82 bits per heavy atom. The Kier molecular flexibility index (Phi) is 4.73. The summed E-state index contributed by atoms with van der Waals surface area (Å²) in [5.74, 6) is 0.816. The summed E-state index contributed by atoms with van der Waals surface area (Å²) in [6.07, 6.45) is 8.39. The van der Waals surface area contributed by atoms with Crippen LogP contribution >= 0.6 is 0 Å². The van der Waals surface area contributed by atoms with Crippen molar-refractivity contribution in [3.63, 3.8) is 0 Å². The molecule has 1 aromatic carbocycles. The summed E-state index contributed by atoms with van der Waals surface area (Å²) in [6, 6.07) is 6.91. The molecule has 0 spiro atoms. The molecular formula is C17H23N3O2. The minimum Gasteiger partial charge on any atom is -0.369 e. The fourth-order valence-electron chi connectivity index (χ4n) is 3.36. The van der Waals surface area contributed by atoms with E-state index >= 15 is 0 Å². The molecule has 118 valence electrons. The van der Waals surface area contributed by atoms with Crippen molar-refractivity contribution in [1.29, 1.82) is 0 Å². The predicted molar refractivity (Wildman–Crippen MR) is 88.2 cm³/mol. The second-order valence-corrected chi connectivity index (χ2v) is 6.21. The second kappa shape index (κ2) is 6.92. The summed E-state index contributed by atoms with van der Waals surface area (Å²) in [5.41, 5.74) is 1.25. The minimum atomic E-state index is -0.347. The van der Waals surface area contributed by atoms with Gasteiger partial charge in [-0.2, -0.15) is 0 Å². The van der Waals surface area contributed by atoms with Crippen LogP contribution in [0.1, 0.15) is 19.3 Å². The lowest BCUT2D eigenvalue weighted by atomic mass is 9.94. The van der Waals surface area contributed by atoms with E-state index in [9.17, 15) is 10.1 Å². The van der Waals surface area contributed by atoms with Crippen LogP contribution in [-0.4, -0.2) is 42.5 Å². The summed E-state index contributed by atoms with van der Waals surface area (Å²) in [5, 5.41) is 10.7. The molecule has 5 heteroatoms. The number of hydrogen-bond donors (Lipinski definition) is 0. The van der Waals surface area contributed by atoms with Gasteiger partial charge in [-0.05, 0) is 37.3 Å². The third-order valence-electron chi connectivity index (χ3n) is 4.69. The SMILES string of the molecule is O=[N+]([O-])c1ccc(N2CCN(C[C@H]3CC=CCC3)CC2)cc1. The first-order valence-corrected chi connectivity index (χ1v) is 8.09. The van der Waals surface area contributed by atoms with Gasteiger partial charge in [0.15, 0.2) is 0 Å². The van der Waals surface area contributed by atoms with E-state index in [2.05, 4.69) is 22.0 Å². The van der Waals surface area contributed by atoms with E-state index < -0.39 is 0 Å². The molecule has 0 bridgehead atoms. The van der Waals surface area contributed by atoms with Crippen LogP contribution in [-0.2, 0) is 0 Å². The lowest BCUT2D eigenvalue weighted by Gasteiger charge is -2.37. The average Bonchev–Trinajstić information content (AvgIpc) is 2.57. The fourth-order valence-corrected chi connectivity index (χ4v) is 3.36. The number of nitro benzene ring substituents is 1. The molecule has 1 aliphatic carbocycles. The molecule has 0 amide bonds. The van der Waals surface area contributed by atoms with Crippen LogP contribution in [0.4, 0.5) is 11.4 Å². The van der Waals surface area contributed by atoms with Gasteiger partial charge >= 0.3 is 0 Å². The van der Waals surface area contributed by atoms with Crippen LogP contribution in [0, 0.1) is 16.0 Å². The number of anilines is 1. The van der Waals surface area contributed by atoms with E-state index in [4.69, 9.17) is 0 Å². The molecule has 0 aromatic heterocycles. The van der Waals surface area contributed by atoms with E-state index in [1.54, 1.807) is 12.1 Å². The monoisotopic (exact) mass is 301 g/mol. The van der Waals surface area contributed by atoms with E-state index in [0.717, 1.165) is 37.8 Å². The van der Waals surface area contributed by atoms with Gasteiger partial charge in [-0.25, -0.2) is 0 Å². The van der Waals surface area contributed by atoms with Crippen molar-refractivity contribution < 1.29 is 4.92 Å². The highest BCUT2D eigenvalue weighted by atomic mass is 16.6. The Morgan fingerprint density at radius 3 is 2.41 bits per heavy atom. The van der Waals surface area contributed by atoms with Crippen molar-refractivity contribution in [3.8, 4) is 0 Å². The van der Waals surface area contributed by atoms with Crippen molar-refractivity contribution >= 4 is 11.4 Å². The van der Waals surface area contributed by atoms with Crippen molar-refractivity contribution in [3.05, 3.63) is 46.5 Å². The number of rotatable bonds is 4. The first kappa shape index (κ1) is 15.0. The maximum atomic E-state index is 10.7. The lowest BCUT2D eigenvalue weighted by molar-refractivity contribution is -0.384. The molecule has 1 fully saturated rings. The standard InChI is InChI=1S/C17H23N3O2/c21-20(22)17-8-6-16(7-9-17)19-12-10-18(11-13-19)14-15-4-2-1-3-5-15/h1-2,6-9,15H,3-5,10-14H2/t15-/m0/s1. The summed E-state index contributed by atoms with van der Waals surface area (Å²) < 4.78 is 0. The number of hydrogen-bond acceptors (Lipinski definition) is 4. The maximum Gasteiger partial charge on any atom is 0.269 e. The van der Waals surface area contributed by atoms with Gasteiger partial charge in [0.25, 0.3) is 5.69 Å². The van der Waals surface area contributed by atoms with E-state index in [0.29, 0.717) is 0 Å². The lowest BCUT2D eigenvalue weighted by Crippen LogP contribution is -2.47. The molecule has 2 aliphatic rings. The third kappa shape index (κ3) is 3.65. The number of non-ortho nitro benzene ring substituents is 1. The van der Waals surface area contributed by atoms with Crippen LogP contribution in [0.2, 0.25) is 0 Å². The van der Waals surface area contributed by atoms with Gasteiger partial charge in [-0.15, -0.1) is 0 Å². The first-order chi connectivity index (χ1) is 10.7. The minimum absolute atomic E-state index is 0.160. The number of nitro groups is 1. The summed E-state index contributed by atoms with van der Waals surface area (Å²) in [6.45, 7) is 5.37. The van der Waals surface area contributed by atoms with Crippen LogP contribution < -0.4 is 4.90 Å². The molecule has 3 rings (SSSR count). The molecule has 0 radical (unpaired) electrons. The molecule has 1 heterocycles. The molecule has 1 saturated heterocycles. The topological polar surface area (TPSA) is 49.6 Å². The maximum absolute atomic E-state index is 10.7. The number of piperazine rings is 1. The van der Waals surface area contributed by atoms with Gasteiger partial charge in [0.2, 0.25) is 0 Å². The Bertz CT molecular complexity index is 533. The van der Waals surface area contributed by atoms with Crippen molar-refractivity contribution in [2.24, 2.45) is 5.92 Å². The van der Waals surface area contributed by atoms with Gasteiger partial charge < -0.3 is 4.90 Å². The molecular weight excluding hydrogens is 278 g/mol. The highest BCUT2D eigenvalue weighted by Crippen LogP contribution is 2.23. The number of benzene rings is 1. The fraction of sp³-hybridized carbons (Fsp3) is 0.529. The van der Waals surface area contributed by atoms with Gasteiger partial charge in [0.1, 0.15) is 0 Å². The van der Waals surface area contributed by atoms with Crippen molar-refractivity contribution in [2.45, 2.75) is 19.3 Å². The second-order valence-electron chi connectivity index (χ2n) is 6.21. The number of nitrogens with zero attached hydrogens (tertiary/aromatic N) is 3. The normalized spacial score (nSPS) is 22.7. The summed E-state index contributed by atoms with van der Waals surface area (Å²) in [7, 11) is 0. The van der Waals surface area contributed by atoms with E-state index in [1.165, 1.54) is 25.8 Å². The molecule has 22 heavy (non-hydrogen) atoms. The molecule has 5 nitrogen and oxygen atoms in total. The van der Waals surface area contributed by atoms with Gasteiger partial charge in [0.05, 0.1) is 4.92 Å². The molecule has 0 unspecified atom stereocenters. The van der Waals surface area contributed by atoms with Crippen LogP contribution in [0.15, 0.2) is 36.4 Å².